The SMILES string of the molecule is [2H]c1c([2H])c([2H])c(CC[C@H](N[C@@H](C)C(=O)N2[C@H](C(=O)O[C@@H]3O[C@H](C(=O)O)[C@@H](O)[C@H](O)[C@H]3O)C[C@@H]3CCC[C@@H]32)C(=O)OCC)c([2H])c1[2H]. The number of carbonyl (C=O) groups is 4. The van der Waals surface area contributed by atoms with E-state index in [9.17, 15) is 39.6 Å². The van der Waals surface area contributed by atoms with E-state index in [2.05, 4.69) is 5.32 Å². The predicted octanol–water partition coefficient (Wildman–Crippen LogP) is -0.266. The molecule has 0 unspecified atom stereocenters. The molecular weight excluding hydrogens is 552 g/mol. The number of hydrogen-bond acceptors (Lipinski definition) is 11. The molecule has 5 N–H and O–H groups in total. The number of amides is 1. The van der Waals surface area contributed by atoms with Gasteiger partial charge in [0.1, 0.15) is 30.4 Å². The molecule has 1 aromatic rings. The van der Waals surface area contributed by atoms with Crippen molar-refractivity contribution in [1.29, 1.82) is 0 Å². The molecule has 2 aliphatic heterocycles. The number of hydrogen-bond donors (Lipinski definition) is 5. The van der Waals surface area contributed by atoms with E-state index in [1.807, 2.05) is 0 Å². The fourth-order valence-electron chi connectivity index (χ4n) is 5.96. The zero-order chi connectivity index (χ0) is 34.9. The van der Waals surface area contributed by atoms with Crippen molar-refractivity contribution in [2.24, 2.45) is 5.92 Å². The first-order valence-corrected chi connectivity index (χ1v) is 14.0. The fraction of sp³-hybridized carbons (Fsp3) is 0.655. The molecule has 232 valence electrons. The normalized spacial score (nSPS) is 33.7. The number of carboxylic acids is 1. The molecule has 3 fully saturated rings. The molecule has 13 nitrogen and oxygen atoms in total. The third-order valence-corrected chi connectivity index (χ3v) is 8.04. The monoisotopic (exact) mass is 597 g/mol. The van der Waals surface area contributed by atoms with Crippen LogP contribution < -0.4 is 5.32 Å². The third kappa shape index (κ3) is 6.92. The second-order valence-electron chi connectivity index (χ2n) is 10.8. The van der Waals surface area contributed by atoms with Gasteiger partial charge in [0.05, 0.1) is 19.5 Å². The first-order valence-electron chi connectivity index (χ1n) is 16.5. The van der Waals surface area contributed by atoms with Crippen LogP contribution in [0.3, 0.4) is 0 Å². The molecule has 0 spiro atoms. The van der Waals surface area contributed by atoms with Crippen LogP contribution >= 0.6 is 0 Å². The van der Waals surface area contributed by atoms with Crippen molar-refractivity contribution in [3.8, 4) is 0 Å². The van der Waals surface area contributed by atoms with Gasteiger partial charge in [0.25, 0.3) is 0 Å². The maximum absolute atomic E-state index is 14.0. The molecule has 4 rings (SSSR count). The Morgan fingerprint density at radius 2 is 1.83 bits per heavy atom. The molecule has 13 heteroatoms. The molecule has 1 amide bonds. The lowest BCUT2D eigenvalue weighted by molar-refractivity contribution is -0.287. The van der Waals surface area contributed by atoms with Gasteiger partial charge < -0.3 is 39.5 Å². The predicted molar refractivity (Wildman–Crippen MR) is 145 cm³/mol. The van der Waals surface area contributed by atoms with Crippen LogP contribution in [-0.2, 0) is 39.8 Å². The molecule has 3 aliphatic rings. The summed E-state index contributed by atoms with van der Waals surface area (Å²) in [5.74, 6) is -4.03. The smallest absolute Gasteiger partial charge is 0.335 e. The van der Waals surface area contributed by atoms with Crippen LogP contribution in [0.5, 0.6) is 0 Å². The van der Waals surface area contributed by atoms with Gasteiger partial charge in [-0.2, -0.15) is 0 Å². The standard InChI is InChI=1S/C29H40N2O11/c1-3-40-27(38)18(13-12-16-8-5-4-6-9-16)30-15(2)25(35)31-19-11-7-10-17(19)14-20(31)28(39)42-29-23(34)21(32)22(33)24(41-29)26(36)37/h4-6,8-9,15,17-24,29-30,32-34H,3,7,10-14H2,1-2H3,(H,36,37)/t15-,17-,18-,19-,20-,21-,22-,23+,24-,29-/m0/s1/i4D,5D,6D,8D,9D. The number of ether oxygens (including phenoxy) is 3. The Balaban J connectivity index is 1.52. The molecule has 42 heavy (non-hydrogen) atoms. The van der Waals surface area contributed by atoms with Crippen LogP contribution in [0.1, 0.15) is 58.4 Å². The number of carboxylic acid groups (broad SMARTS) is 1. The molecule has 1 saturated carbocycles. The molecule has 10 atom stereocenters. The van der Waals surface area contributed by atoms with Gasteiger partial charge in [-0.25, -0.2) is 9.59 Å². The molecule has 0 aromatic heterocycles. The van der Waals surface area contributed by atoms with E-state index in [-0.39, 0.29) is 43.4 Å². The summed E-state index contributed by atoms with van der Waals surface area (Å²) in [7, 11) is 0. The summed E-state index contributed by atoms with van der Waals surface area (Å²) in [6.45, 7) is 3.08. The number of likely N-dealkylation sites (tertiary alicyclic amines) is 1. The number of carbonyl (C=O) groups excluding carboxylic acids is 3. The minimum Gasteiger partial charge on any atom is -0.479 e. The number of nitrogens with zero attached hydrogens (tertiary/aromatic N) is 1. The van der Waals surface area contributed by atoms with Gasteiger partial charge in [0.2, 0.25) is 12.2 Å². The van der Waals surface area contributed by atoms with Crippen molar-refractivity contribution in [2.45, 2.75) is 107 Å². The Labute approximate surface area is 250 Å². The van der Waals surface area contributed by atoms with E-state index in [4.69, 9.17) is 21.1 Å². The van der Waals surface area contributed by atoms with Crippen LogP contribution in [0.15, 0.2) is 30.2 Å². The summed E-state index contributed by atoms with van der Waals surface area (Å²) in [4.78, 5) is 53.2. The summed E-state index contributed by atoms with van der Waals surface area (Å²) in [6.07, 6.45) is -7.77. The summed E-state index contributed by atoms with van der Waals surface area (Å²) < 4.78 is 55.5. The zero-order valence-corrected chi connectivity index (χ0v) is 23.3. The molecule has 2 saturated heterocycles. The molecule has 1 aliphatic carbocycles. The fourth-order valence-corrected chi connectivity index (χ4v) is 5.96. The Kier molecular flexibility index (Phi) is 8.42. The summed E-state index contributed by atoms with van der Waals surface area (Å²) in [5, 5.41) is 42.6. The van der Waals surface area contributed by atoms with Crippen LogP contribution in [0.25, 0.3) is 0 Å². The average Bonchev–Trinajstić information content (AvgIpc) is 3.64. The maximum atomic E-state index is 14.0. The lowest BCUT2D eigenvalue weighted by Crippen LogP contribution is -2.61. The average molecular weight is 598 g/mol. The lowest BCUT2D eigenvalue weighted by Gasteiger charge is -2.39. The van der Waals surface area contributed by atoms with Crippen molar-refractivity contribution in [1.82, 2.24) is 10.2 Å². The van der Waals surface area contributed by atoms with E-state index in [0.717, 1.165) is 12.8 Å². The number of aliphatic hydroxyl groups is 3. The van der Waals surface area contributed by atoms with E-state index < -0.39 is 103 Å². The van der Waals surface area contributed by atoms with Gasteiger partial charge >= 0.3 is 17.9 Å². The molecule has 0 radical (unpaired) electrons. The van der Waals surface area contributed by atoms with Gasteiger partial charge in [-0.1, -0.05) is 36.6 Å². The van der Waals surface area contributed by atoms with Crippen LogP contribution in [0.2, 0.25) is 0 Å². The quantitative estimate of drug-likeness (QED) is 0.210. The van der Waals surface area contributed by atoms with Gasteiger partial charge in [-0.15, -0.1) is 0 Å². The second kappa shape index (κ2) is 13.9. The highest BCUT2D eigenvalue weighted by Crippen LogP contribution is 2.42. The van der Waals surface area contributed by atoms with E-state index in [1.54, 1.807) is 6.92 Å². The van der Waals surface area contributed by atoms with E-state index in [0.29, 0.717) is 6.42 Å². The number of benzene rings is 1. The highest BCUT2D eigenvalue weighted by Gasteiger charge is 2.53. The van der Waals surface area contributed by atoms with Crippen molar-refractivity contribution in [2.75, 3.05) is 6.61 Å². The van der Waals surface area contributed by atoms with Gasteiger partial charge in [-0.3, -0.25) is 14.9 Å². The number of esters is 2. The minimum atomic E-state index is -1.99. The largest absolute Gasteiger partial charge is 0.479 e. The number of aliphatic carboxylic acids is 1. The van der Waals surface area contributed by atoms with Crippen LogP contribution in [0, 0.1) is 5.92 Å². The highest BCUT2D eigenvalue weighted by molar-refractivity contribution is 5.89. The molecule has 1 aromatic carbocycles. The Hall–Kier alpha value is -3.10. The molecule has 2 heterocycles. The Morgan fingerprint density at radius 3 is 2.50 bits per heavy atom. The molecular formula is C29H40N2O11. The number of aliphatic hydroxyl groups excluding tert-OH is 3. The number of nitrogens with one attached hydrogen (secondary N) is 1. The van der Waals surface area contributed by atoms with Gasteiger partial charge in [0, 0.05) is 6.04 Å². The first-order chi connectivity index (χ1) is 22.1. The first kappa shape index (κ1) is 25.4. The van der Waals surface area contributed by atoms with Crippen molar-refractivity contribution < 1.29 is 60.7 Å². The minimum absolute atomic E-state index is 0.00267. The van der Waals surface area contributed by atoms with Crippen LogP contribution in [0.4, 0.5) is 0 Å². The molecule has 0 bridgehead atoms. The van der Waals surface area contributed by atoms with E-state index in [1.165, 1.54) is 11.8 Å². The lowest BCUT2D eigenvalue weighted by atomic mass is 9.99. The topological polar surface area (TPSA) is 192 Å². The van der Waals surface area contributed by atoms with Crippen LogP contribution in [-0.4, -0.2) is 111 Å². The number of rotatable bonds is 11. The highest BCUT2D eigenvalue weighted by atomic mass is 16.7. The Morgan fingerprint density at radius 1 is 1.12 bits per heavy atom. The number of fused-ring (bicyclic) bond motifs is 1. The Bertz CT molecular complexity index is 1360. The zero-order valence-electron chi connectivity index (χ0n) is 28.3. The summed E-state index contributed by atoms with van der Waals surface area (Å²) >= 11 is 0. The van der Waals surface area contributed by atoms with Crippen molar-refractivity contribution >= 4 is 23.8 Å². The van der Waals surface area contributed by atoms with Gasteiger partial charge in [-0.05, 0) is 57.4 Å². The second-order valence-corrected chi connectivity index (χ2v) is 10.8. The third-order valence-electron chi connectivity index (χ3n) is 8.04. The maximum Gasteiger partial charge on any atom is 0.335 e. The van der Waals surface area contributed by atoms with Crippen molar-refractivity contribution in [3.05, 3.63) is 35.8 Å². The summed E-state index contributed by atoms with van der Waals surface area (Å²) in [5.41, 5.74) is -0.00267. The summed E-state index contributed by atoms with van der Waals surface area (Å²) in [6, 6.07) is -6.13. The van der Waals surface area contributed by atoms with E-state index >= 15 is 0 Å². The van der Waals surface area contributed by atoms with Gasteiger partial charge in [0.15, 0.2) is 6.10 Å². The van der Waals surface area contributed by atoms with Crippen molar-refractivity contribution in [3.63, 3.8) is 0 Å².